The number of nitrogen functional groups attached to an aromatic ring is 1. The van der Waals surface area contributed by atoms with Gasteiger partial charge in [-0.3, -0.25) is 0 Å². The molecule has 0 radical (unpaired) electrons. The number of alkyl halides is 3. The molecule has 2 amide bonds. The van der Waals surface area contributed by atoms with Crippen molar-refractivity contribution in [2.75, 3.05) is 42.1 Å². The number of aromatic nitrogens is 3. The number of hydrogen-bond donors (Lipinski definition) is 2. The number of ether oxygens (including phenoxy) is 1. The molecule has 1 saturated heterocycles. The molecule has 1 fully saturated rings. The van der Waals surface area contributed by atoms with Gasteiger partial charge in [0.15, 0.2) is 0 Å². The van der Waals surface area contributed by atoms with Gasteiger partial charge in [-0.1, -0.05) is 6.07 Å². The SMILES string of the molecule is Nc1cc(COc2nsnc2N2CCN(C(=O)Nc3cccc(SC(F)(F)F)c3)CC2)ccn1. The third-order valence-electron chi connectivity index (χ3n) is 4.85. The number of nitrogens with two attached hydrogens (primary N) is 1. The number of piperazine rings is 1. The summed E-state index contributed by atoms with van der Waals surface area (Å²) in [6, 6.07) is 8.80. The lowest BCUT2D eigenvalue weighted by Crippen LogP contribution is -2.50. The van der Waals surface area contributed by atoms with Crippen molar-refractivity contribution in [3.8, 4) is 5.88 Å². The van der Waals surface area contributed by atoms with Crippen molar-refractivity contribution in [3.63, 3.8) is 0 Å². The number of hydrogen-bond acceptors (Lipinski definition) is 9. The molecule has 4 rings (SSSR count). The molecule has 0 atom stereocenters. The maximum Gasteiger partial charge on any atom is 0.446 e. The van der Waals surface area contributed by atoms with Crippen LogP contribution in [0.3, 0.4) is 0 Å². The molecule has 3 heterocycles. The van der Waals surface area contributed by atoms with Gasteiger partial charge in [-0.2, -0.15) is 17.5 Å². The van der Waals surface area contributed by atoms with Gasteiger partial charge >= 0.3 is 11.5 Å². The minimum atomic E-state index is -4.39. The van der Waals surface area contributed by atoms with Crippen LogP contribution in [0, 0.1) is 0 Å². The van der Waals surface area contributed by atoms with Crippen LogP contribution in [0.5, 0.6) is 5.88 Å². The van der Waals surface area contributed by atoms with Gasteiger partial charge in [-0.15, -0.1) is 4.37 Å². The zero-order chi connectivity index (χ0) is 24.1. The molecule has 9 nitrogen and oxygen atoms in total. The molecule has 0 saturated carbocycles. The molecule has 0 bridgehead atoms. The van der Waals surface area contributed by atoms with Crippen molar-refractivity contribution in [2.45, 2.75) is 17.0 Å². The monoisotopic (exact) mass is 511 g/mol. The zero-order valence-corrected chi connectivity index (χ0v) is 19.3. The van der Waals surface area contributed by atoms with E-state index >= 15 is 0 Å². The van der Waals surface area contributed by atoms with Crippen LogP contribution in [0.4, 0.5) is 35.3 Å². The number of benzene rings is 1. The summed E-state index contributed by atoms with van der Waals surface area (Å²) in [4.78, 5) is 20.1. The van der Waals surface area contributed by atoms with Crippen molar-refractivity contribution >= 4 is 46.8 Å². The number of carbonyl (C=O) groups is 1. The molecule has 3 aromatic rings. The molecule has 1 aromatic carbocycles. The lowest BCUT2D eigenvalue weighted by molar-refractivity contribution is -0.0328. The van der Waals surface area contributed by atoms with Crippen LogP contribution in [0.25, 0.3) is 0 Å². The molecule has 0 spiro atoms. The average Bonchev–Trinajstić information content (AvgIpc) is 3.26. The number of nitrogens with one attached hydrogen (secondary N) is 1. The average molecular weight is 512 g/mol. The Morgan fingerprint density at radius 3 is 2.71 bits per heavy atom. The quantitative estimate of drug-likeness (QED) is 0.477. The van der Waals surface area contributed by atoms with E-state index in [4.69, 9.17) is 10.5 Å². The van der Waals surface area contributed by atoms with Gasteiger partial charge in [-0.25, -0.2) is 9.78 Å². The van der Waals surface area contributed by atoms with Crippen molar-refractivity contribution in [3.05, 3.63) is 48.2 Å². The van der Waals surface area contributed by atoms with E-state index in [1.54, 1.807) is 29.3 Å². The topological polar surface area (TPSA) is 109 Å². The first-order chi connectivity index (χ1) is 16.3. The van der Waals surface area contributed by atoms with Gasteiger partial charge in [0.25, 0.3) is 5.88 Å². The van der Waals surface area contributed by atoms with E-state index in [0.717, 1.165) is 17.3 Å². The summed E-state index contributed by atoms with van der Waals surface area (Å²) in [5, 5.41) is 2.66. The summed E-state index contributed by atoms with van der Waals surface area (Å²) in [6.07, 6.45) is 1.60. The van der Waals surface area contributed by atoms with Crippen LogP contribution in [0.1, 0.15) is 5.56 Å². The highest BCUT2D eigenvalue weighted by Crippen LogP contribution is 2.37. The smallest absolute Gasteiger partial charge is 0.446 e. The molecule has 1 aliphatic heterocycles. The van der Waals surface area contributed by atoms with E-state index in [0.29, 0.717) is 49.4 Å². The van der Waals surface area contributed by atoms with E-state index in [9.17, 15) is 18.0 Å². The molecular formula is C20H20F3N7O2S2. The van der Waals surface area contributed by atoms with Gasteiger partial charge in [0.2, 0.25) is 5.82 Å². The highest BCUT2D eigenvalue weighted by molar-refractivity contribution is 8.00. The Morgan fingerprint density at radius 1 is 1.18 bits per heavy atom. The third-order valence-corrected chi connectivity index (χ3v) is 6.07. The number of carbonyl (C=O) groups excluding carboxylic acids is 1. The summed E-state index contributed by atoms with van der Waals surface area (Å²) in [5.41, 5.74) is 2.45. The predicted octanol–water partition coefficient (Wildman–Crippen LogP) is 4.06. The molecule has 14 heteroatoms. The maximum absolute atomic E-state index is 12.6. The first-order valence-electron chi connectivity index (χ1n) is 10.1. The van der Waals surface area contributed by atoms with Gasteiger partial charge in [0, 0.05) is 43.0 Å². The zero-order valence-electron chi connectivity index (χ0n) is 17.7. The highest BCUT2D eigenvalue weighted by Gasteiger charge is 2.29. The lowest BCUT2D eigenvalue weighted by atomic mass is 10.3. The number of rotatable bonds is 6. The second-order valence-electron chi connectivity index (χ2n) is 7.25. The largest absolute Gasteiger partial charge is 0.470 e. The predicted molar refractivity (Wildman–Crippen MR) is 124 cm³/mol. The summed E-state index contributed by atoms with van der Waals surface area (Å²) in [5.74, 6) is 1.40. The number of nitrogens with zero attached hydrogens (tertiary/aromatic N) is 5. The van der Waals surface area contributed by atoms with Crippen molar-refractivity contribution in [1.29, 1.82) is 0 Å². The van der Waals surface area contributed by atoms with Crippen LogP contribution in [0.15, 0.2) is 47.5 Å². The van der Waals surface area contributed by atoms with Gasteiger partial charge in [-0.05, 0) is 47.7 Å². The normalized spacial score (nSPS) is 14.2. The minimum Gasteiger partial charge on any atom is -0.470 e. The first-order valence-corrected chi connectivity index (χ1v) is 11.6. The standard InChI is InChI=1S/C20H20F3N7O2S2/c21-20(22,23)33-15-3-1-2-14(11-15)26-19(31)30-8-6-29(7-9-30)17-18(28-34-27-17)32-12-13-4-5-25-16(24)10-13/h1-5,10-11H,6-9,12H2,(H2,24,25)(H,26,31). The van der Waals surface area contributed by atoms with E-state index in [-0.39, 0.29) is 29.3 Å². The number of pyridine rings is 1. The molecule has 1 aliphatic rings. The van der Waals surface area contributed by atoms with Gasteiger partial charge in [0.05, 0.1) is 11.7 Å². The molecular weight excluding hydrogens is 491 g/mol. The number of anilines is 3. The van der Waals surface area contributed by atoms with Gasteiger partial charge in [0.1, 0.15) is 12.4 Å². The van der Waals surface area contributed by atoms with Crippen molar-refractivity contribution in [2.24, 2.45) is 0 Å². The van der Waals surface area contributed by atoms with E-state index < -0.39 is 5.51 Å². The van der Waals surface area contributed by atoms with E-state index in [2.05, 4.69) is 19.0 Å². The third kappa shape index (κ3) is 6.41. The molecule has 34 heavy (non-hydrogen) atoms. The summed E-state index contributed by atoms with van der Waals surface area (Å²) in [6.45, 7) is 2.07. The lowest BCUT2D eigenvalue weighted by Gasteiger charge is -2.34. The number of thioether (sulfide) groups is 1. The van der Waals surface area contributed by atoms with Crippen LogP contribution in [0.2, 0.25) is 0 Å². The molecule has 0 aliphatic carbocycles. The Labute approximate surface area is 201 Å². The Morgan fingerprint density at radius 2 is 1.97 bits per heavy atom. The maximum atomic E-state index is 12.6. The molecule has 2 aromatic heterocycles. The summed E-state index contributed by atoms with van der Waals surface area (Å²) in [7, 11) is 0. The molecule has 180 valence electrons. The molecule has 3 N–H and O–H groups in total. The van der Waals surface area contributed by atoms with Gasteiger partial charge < -0.3 is 25.6 Å². The summed E-state index contributed by atoms with van der Waals surface area (Å²) >= 11 is 0.810. The highest BCUT2D eigenvalue weighted by atomic mass is 32.2. The Bertz CT molecular complexity index is 1140. The minimum absolute atomic E-state index is 0.00753. The Hall–Kier alpha value is -3.26. The Kier molecular flexibility index (Phi) is 7.26. The second kappa shape index (κ2) is 10.3. The van der Waals surface area contributed by atoms with E-state index in [1.165, 1.54) is 18.2 Å². The van der Waals surface area contributed by atoms with Crippen LogP contribution >= 0.6 is 23.5 Å². The van der Waals surface area contributed by atoms with Crippen LogP contribution in [-0.4, -0.2) is 56.3 Å². The van der Waals surface area contributed by atoms with E-state index in [1.807, 2.05) is 4.90 Å². The number of urea groups is 1. The van der Waals surface area contributed by atoms with Crippen molar-refractivity contribution < 1.29 is 22.7 Å². The first kappa shape index (κ1) is 23.9. The van der Waals surface area contributed by atoms with Crippen molar-refractivity contribution in [1.82, 2.24) is 18.6 Å². The van der Waals surface area contributed by atoms with Crippen LogP contribution in [-0.2, 0) is 6.61 Å². The fourth-order valence-electron chi connectivity index (χ4n) is 3.29. The fraction of sp³-hybridized carbons (Fsp3) is 0.300. The summed E-state index contributed by atoms with van der Waals surface area (Å²) < 4.78 is 52.1. The fourth-order valence-corrected chi connectivity index (χ4v) is 4.41. The van der Waals surface area contributed by atoms with Crippen LogP contribution < -0.4 is 20.7 Å². The number of halogens is 3. The molecule has 0 unspecified atom stereocenters. The second-order valence-corrected chi connectivity index (χ2v) is 8.92. The Balaban J connectivity index is 1.30. The number of amides is 2.